The number of carbonyl (C=O) groups excluding carboxylic acids is 1. The second kappa shape index (κ2) is 11.5. The van der Waals surface area contributed by atoms with E-state index in [4.69, 9.17) is 17.0 Å². The molecule has 0 aliphatic heterocycles. The SMILES string of the molecule is CCCCc1ccc(NC(=S)Nc2sc3c(c2C(=O)OCC)CCCCCC3)cc1. The molecular weight excluding hydrogens is 412 g/mol. The number of benzene rings is 1. The number of ether oxygens (including phenoxy) is 1. The van der Waals surface area contributed by atoms with Crippen molar-refractivity contribution in [2.75, 3.05) is 17.2 Å². The van der Waals surface area contributed by atoms with E-state index in [-0.39, 0.29) is 5.97 Å². The van der Waals surface area contributed by atoms with Gasteiger partial charge in [0.25, 0.3) is 0 Å². The Kier molecular flexibility index (Phi) is 8.70. The van der Waals surface area contributed by atoms with Gasteiger partial charge in [-0.25, -0.2) is 4.79 Å². The van der Waals surface area contributed by atoms with Gasteiger partial charge in [0.1, 0.15) is 5.00 Å². The highest BCUT2D eigenvalue weighted by Gasteiger charge is 2.25. The summed E-state index contributed by atoms with van der Waals surface area (Å²) in [4.78, 5) is 14.0. The van der Waals surface area contributed by atoms with Crippen LogP contribution in [0.25, 0.3) is 0 Å². The number of anilines is 2. The van der Waals surface area contributed by atoms with Crippen LogP contribution in [0.4, 0.5) is 10.7 Å². The molecule has 0 radical (unpaired) electrons. The zero-order chi connectivity index (χ0) is 21.3. The van der Waals surface area contributed by atoms with E-state index in [2.05, 4.69) is 41.8 Å². The maximum Gasteiger partial charge on any atom is 0.341 e. The Balaban J connectivity index is 1.75. The van der Waals surface area contributed by atoms with Crippen LogP contribution in [0, 0.1) is 0 Å². The fourth-order valence-corrected chi connectivity index (χ4v) is 5.39. The minimum Gasteiger partial charge on any atom is -0.462 e. The monoisotopic (exact) mass is 444 g/mol. The van der Waals surface area contributed by atoms with Crippen LogP contribution < -0.4 is 10.6 Å². The molecule has 0 saturated carbocycles. The van der Waals surface area contributed by atoms with E-state index in [1.165, 1.54) is 42.5 Å². The third-order valence-corrected chi connectivity index (χ3v) is 6.82. The second-order valence-electron chi connectivity index (χ2n) is 7.72. The van der Waals surface area contributed by atoms with E-state index in [0.717, 1.165) is 41.9 Å². The lowest BCUT2D eigenvalue weighted by molar-refractivity contribution is 0.0526. The molecule has 1 aromatic carbocycles. The summed E-state index contributed by atoms with van der Waals surface area (Å²) in [5, 5.41) is 7.83. The molecule has 0 fully saturated rings. The van der Waals surface area contributed by atoms with Gasteiger partial charge in [0.15, 0.2) is 5.11 Å². The van der Waals surface area contributed by atoms with Gasteiger partial charge in [0.05, 0.1) is 12.2 Å². The van der Waals surface area contributed by atoms with Gasteiger partial charge in [-0.2, -0.15) is 0 Å². The number of thiophene rings is 1. The number of hydrogen-bond acceptors (Lipinski definition) is 4. The quantitative estimate of drug-likeness (QED) is 0.366. The first-order valence-electron chi connectivity index (χ1n) is 11.1. The van der Waals surface area contributed by atoms with Crippen LogP contribution in [0.3, 0.4) is 0 Å². The van der Waals surface area contributed by atoms with Gasteiger partial charge < -0.3 is 15.4 Å². The zero-order valence-corrected chi connectivity index (χ0v) is 19.6. The predicted molar refractivity (Wildman–Crippen MR) is 131 cm³/mol. The number of esters is 1. The lowest BCUT2D eigenvalue weighted by Gasteiger charge is -2.13. The Labute approximate surface area is 189 Å². The number of fused-ring (bicyclic) bond motifs is 1. The molecule has 1 aliphatic carbocycles. The largest absolute Gasteiger partial charge is 0.462 e. The molecule has 3 rings (SSSR count). The second-order valence-corrected chi connectivity index (χ2v) is 9.24. The average molecular weight is 445 g/mol. The first kappa shape index (κ1) is 22.8. The maximum absolute atomic E-state index is 12.7. The number of rotatable bonds is 7. The lowest BCUT2D eigenvalue weighted by atomic mass is 9.96. The van der Waals surface area contributed by atoms with Crippen molar-refractivity contribution < 1.29 is 9.53 Å². The minimum atomic E-state index is -0.249. The van der Waals surface area contributed by atoms with Crippen LogP contribution in [0.5, 0.6) is 0 Å². The molecule has 162 valence electrons. The lowest BCUT2D eigenvalue weighted by Crippen LogP contribution is -2.20. The molecule has 2 aromatic rings. The van der Waals surface area contributed by atoms with Crippen LogP contribution in [0.1, 0.15) is 78.7 Å². The number of carbonyl (C=O) groups is 1. The highest BCUT2D eigenvalue weighted by molar-refractivity contribution is 7.80. The van der Waals surface area contributed by atoms with Gasteiger partial charge in [-0.05, 0) is 80.9 Å². The number of aryl methyl sites for hydroxylation is 2. The number of nitrogens with one attached hydrogen (secondary N) is 2. The third kappa shape index (κ3) is 6.05. The van der Waals surface area contributed by atoms with Crippen LogP contribution >= 0.6 is 23.6 Å². The van der Waals surface area contributed by atoms with E-state index in [9.17, 15) is 4.79 Å². The van der Waals surface area contributed by atoms with Gasteiger partial charge >= 0.3 is 5.97 Å². The van der Waals surface area contributed by atoms with E-state index in [0.29, 0.717) is 17.3 Å². The van der Waals surface area contributed by atoms with Gasteiger partial charge in [0.2, 0.25) is 0 Å². The van der Waals surface area contributed by atoms with Crippen LogP contribution in [0.15, 0.2) is 24.3 Å². The zero-order valence-electron chi connectivity index (χ0n) is 18.0. The van der Waals surface area contributed by atoms with Crippen molar-refractivity contribution in [3.63, 3.8) is 0 Å². The summed E-state index contributed by atoms with van der Waals surface area (Å²) < 4.78 is 5.37. The van der Waals surface area contributed by atoms with Crippen molar-refractivity contribution in [1.82, 2.24) is 0 Å². The summed E-state index contributed by atoms with van der Waals surface area (Å²) in [5.74, 6) is -0.249. The van der Waals surface area contributed by atoms with Crippen molar-refractivity contribution in [3.8, 4) is 0 Å². The molecule has 0 bridgehead atoms. The molecular formula is C24H32N2O2S2. The Morgan fingerprint density at radius 1 is 1.07 bits per heavy atom. The highest BCUT2D eigenvalue weighted by Crippen LogP contribution is 2.37. The van der Waals surface area contributed by atoms with Crippen LogP contribution in [0.2, 0.25) is 0 Å². The standard InChI is InChI=1S/C24H32N2O2S2/c1-3-5-10-17-13-15-18(16-14-17)25-24(29)26-22-21(23(27)28-4-2)19-11-8-6-7-9-12-20(19)30-22/h13-16H,3-12H2,1-2H3,(H2,25,26,29). The van der Waals surface area contributed by atoms with Crippen molar-refractivity contribution in [2.24, 2.45) is 0 Å². The average Bonchev–Trinajstić information content (AvgIpc) is 3.03. The topological polar surface area (TPSA) is 50.4 Å². The molecule has 0 unspecified atom stereocenters. The molecule has 0 spiro atoms. The summed E-state index contributed by atoms with van der Waals surface area (Å²) >= 11 is 7.21. The van der Waals surface area contributed by atoms with Crippen molar-refractivity contribution in [3.05, 3.63) is 45.8 Å². The summed E-state index contributed by atoms with van der Waals surface area (Å²) in [7, 11) is 0. The molecule has 30 heavy (non-hydrogen) atoms. The fraction of sp³-hybridized carbons (Fsp3) is 0.500. The number of unbranched alkanes of at least 4 members (excludes halogenated alkanes) is 1. The molecule has 0 atom stereocenters. The minimum absolute atomic E-state index is 0.249. The van der Waals surface area contributed by atoms with Crippen LogP contribution in [-0.2, 0) is 24.0 Å². The Bertz CT molecular complexity index is 859. The Hall–Kier alpha value is -1.92. The molecule has 4 nitrogen and oxygen atoms in total. The van der Waals surface area contributed by atoms with Gasteiger partial charge in [-0.1, -0.05) is 38.3 Å². The van der Waals surface area contributed by atoms with Crippen molar-refractivity contribution in [1.29, 1.82) is 0 Å². The Morgan fingerprint density at radius 3 is 2.50 bits per heavy atom. The Morgan fingerprint density at radius 2 is 1.80 bits per heavy atom. The first-order chi connectivity index (χ1) is 14.6. The van der Waals surface area contributed by atoms with E-state index in [1.807, 2.05) is 6.92 Å². The molecule has 6 heteroatoms. The molecule has 0 amide bonds. The normalized spacial score (nSPS) is 13.7. The summed E-state index contributed by atoms with van der Waals surface area (Å²) in [6, 6.07) is 8.39. The molecule has 0 saturated heterocycles. The summed E-state index contributed by atoms with van der Waals surface area (Å²) in [6.45, 7) is 4.42. The number of hydrogen-bond donors (Lipinski definition) is 2. The van der Waals surface area contributed by atoms with Crippen molar-refractivity contribution in [2.45, 2.75) is 71.6 Å². The van der Waals surface area contributed by atoms with E-state index in [1.54, 1.807) is 11.3 Å². The van der Waals surface area contributed by atoms with Gasteiger partial charge in [0, 0.05) is 10.6 Å². The smallest absolute Gasteiger partial charge is 0.341 e. The molecule has 2 N–H and O–H groups in total. The third-order valence-electron chi connectivity index (χ3n) is 5.41. The highest BCUT2D eigenvalue weighted by atomic mass is 32.1. The van der Waals surface area contributed by atoms with Gasteiger partial charge in [-0.3, -0.25) is 0 Å². The molecule has 1 aliphatic rings. The molecule has 1 heterocycles. The predicted octanol–water partition coefficient (Wildman–Crippen LogP) is 6.74. The first-order valence-corrected chi connectivity index (χ1v) is 12.3. The van der Waals surface area contributed by atoms with Crippen LogP contribution in [-0.4, -0.2) is 17.7 Å². The van der Waals surface area contributed by atoms with Gasteiger partial charge in [-0.15, -0.1) is 11.3 Å². The number of thiocarbonyl (C=S) groups is 1. The summed E-state index contributed by atoms with van der Waals surface area (Å²) in [5.41, 5.74) is 4.12. The fourth-order valence-electron chi connectivity index (χ4n) is 3.83. The maximum atomic E-state index is 12.7. The summed E-state index contributed by atoms with van der Waals surface area (Å²) in [6.07, 6.45) is 10.2. The van der Waals surface area contributed by atoms with Crippen molar-refractivity contribution >= 4 is 45.3 Å². The molecule has 1 aromatic heterocycles. The van der Waals surface area contributed by atoms with E-state index < -0.39 is 0 Å². The van der Waals surface area contributed by atoms with E-state index >= 15 is 0 Å².